The number of nitrogens with one attached hydrogen (secondary N) is 2. The fourth-order valence-corrected chi connectivity index (χ4v) is 1.86. The van der Waals surface area contributed by atoms with Crippen LogP contribution in [0.15, 0.2) is 35.3 Å². The van der Waals surface area contributed by atoms with Gasteiger partial charge in [-0.1, -0.05) is 30.3 Å². The Kier molecular flexibility index (Phi) is 4.88. The molecule has 102 valence electrons. The van der Waals surface area contributed by atoms with Crippen molar-refractivity contribution in [3.63, 3.8) is 0 Å². The van der Waals surface area contributed by atoms with Gasteiger partial charge in [-0.05, 0) is 5.56 Å². The molecule has 0 saturated heterocycles. The van der Waals surface area contributed by atoms with Crippen molar-refractivity contribution in [1.82, 2.24) is 10.8 Å². The normalized spacial score (nSPS) is 21.3. The van der Waals surface area contributed by atoms with Crippen molar-refractivity contribution in [1.29, 1.82) is 0 Å². The second kappa shape index (κ2) is 6.86. The van der Waals surface area contributed by atoms with Crippen LogP contribution in [-0.2, 0) is 11.3 Å². The first-order valence-corrected chi connectivity index (χ1v) is 6.13. The third-order valence-electron chi connectivity index (χ3n) is 2.98. The summed E-state index contributed by atoms with van der Waals surface area (Å²) in [6, 6.07) is 9.27. The van der Waals surface area contributed by atoms with Crippen LogP contribution in [0.2, 0.25) is 0 Å². The fourth-order valence-electron chi connectivity index (χ4n) is 1.86. The minimum atomic E-state index is -0.465. The van der Waals surface area contributed by atoms with Gasteiger partial charge in [0.25, 0.3) is 0 Å². The molecule has 1 aliphatic rings. The minimum Gasteiger partial charge on any atom is -0.445 e. The van der Waals surface area contributed by atoms with Crippen LogP contribution in [0, 0.1) is 5.92 Å². The highest BCUT2D eigenvalue weighted by Crippen LogP contribution is 2.08. The predicted molar refractivity (Wildman–Crippen MR) is 70.2 cm³/mol. The SMILES string of the molecule is O=C(NC[C@@H]1CN=CC1NO)OCc1ccccc1. The highest BCUT2D eigenvalue weighted by Gasteiger charge is 2.23. The average molecular weight is 263 g/mol. The molecule has 0 bridgehead atoms. The van der Waals surface area contributed by atoms with E-state index in [1.165, 1.54) is 0 Å². The molecule has 1 amide bonds. The molecule has 19 heavy (non-hydrogen) atoms. The molecule has 6 nitrogen and oxygen atoms in total. The molecule has 0 aliphatic carbocycles. The summed E-state index contributed by atoms with van der Waals surface area (Å²) in [5.41, 5.74) is 3.10. The topological polar surface area (TPSA) is 83.0 Å². The van der Waals surface area contributed by atoms with Crippen molar-refractivity contribution in [2.45, 2.75) is 12.6 Å². The summed E-state index contributed by atoms with van der Waals surface area (Å²) in [6.07, 6.45) is 1.18. The van der Waals surface area contributed by atoms with E-state index in [1.807, 2.05) is 30.3 Å². The Bertz CT molecular complexity index is 436. The maximum Gasteiger partial charge on any atom is 0.407 e. The third-order valence-corrected chi connectivity index (χ3v) is 2.98. The van der Waals surface area contributed by atoms with Gasteiger partial charge in [-0.15, -0.1) is 0 Å². The van der Waals surface area contributed by atoms with E-state index in [1.54, 1.807) is 6.21 Å². The van der Waals surface area contributed by atoms with E-state index in [2.05, 4.69) is 15.8 Å². The zero-order valence-electron chi connectivity index (χ0n) is 10.5. The van der Waals surface area contributed by atoms with E-state index < -0.39 is 6.09 Å². The first-order valence-electron chi connectivity index (χ1n) is 6.13. The van der Waals surface area contributed by atoms with E-state index in [0.29, 0.717) is 13.1 Å². The van der Waals surface area contributed by atoms with Gasteiger partial charge >= 0.3 is 6.09 Å². The lowest BCUT2D eigenvalue weighted by atomic mass is 10.0. The summed E-state index contributed by atoms with van der Waals surface area (Å²) >= 11 is 0. The number of rotatable bonds is 5. The van der Waals surface area contributed by atoms with Gasteiger partial charge in [-0.25, -0.2) is 4.79 Å². The van der Waals surface area contributed by atoms with Gasteiger partial charge in [-0.2, -0.15) is 5.48 Å². The van der Waals surface area contributed by atoms with Crippen molar-refractivity contribution < 1.29 is 14.7 Å². The third kappa shape index (κ3) is 4.04. The van der Waals surface area contributed by atoms with Crippen LogP contribution in [0.25, 0.3) is 0 Å². The molecule has 0 saturated carbocycles. The highest BCUT2D eigenvalue weighted by atomic mass is 16.5. The first kappa shape index (κ1) is 13.5. The van der Waals surface area contributed by atoms with Gasteiger partial charge < -0.3 is 15.3 Å². The average Bonchev–Trinajstić information content (AvgIpc) is 2.91. The smallest absolute Gasteiger partial charge is 0.407 e. The molecule has 1 heterocycles. The van der Waals surface area contributed by atoms with Crippen LogP contribution in [-0.4, -0.2) is 36.6 Å². The van der Waals surface area contributed by atoms with Crippen molar-refractivity contribution >= 4 is 12.3 Å². The molecule has 2 rings (SSSR count). The minimum absolute atomic E-state index is 0.0503. The van der Waals surface area contributed by atoms with E-state index in [9.17, 15) is 4.79 Å². The number of benzene rings is 1. The maximum absolute atomic E-state index is 11.5. The molecule has 0 fully saturated rings. The Labute approximate surface area is 111 Å². The van der Waals surface area contributed by atoms with Crippen LogP contribution in [0.3, 0.4) is 0 Å². The summed E-state index contributed by atoms with van der Waals surface area (Å²) < 4.78 is 5.08. The molecular formula is C13H17N3O3. The van der Waals surface area contributed by atoms with Crippen LogP contribution in [0.4, 0.5) is 4.79 Å². The Morgan fingerprint density at radius 2 is 2.21 bits per heavy atom. The summed E-state index contributed by atoms with van der Waals surface area (Å²) in [7, 11) is 0. The van der Waals surface area contributed by atoms with Crippen molar-refractivity contribution in [2.24, 2.45) is 10.9 Å². The number of aliphatic imine (C=N–C) groups is 1. The van der Waals surface area contributed by atoms with Crippen molar-refractivity contribution in [3.05, 3.63) is 35.9 Å². The van der Waals surface area contributed by atoms with Gasteiger partial charge in [0, 0.05) is 25.2 Å². The molecule has 6 heteroatoms. The molecule has 3 N–H and O–H groups in total. The second-order valence-corrected chi connectivity index (χ2v) is 4.37. The van der Waals surface area contributed by atoms with Gasteiger partial charge in [0.05, 0.1) is 6.04 Å². The van der Waals surface area contributed by atoms with E-state index in [-0.39, 0.29) is 18.6 Å². The Morgan fingerprint density at radius 1 is 1.42 bits per heavy atom. The van der Waals surface area contributed by atoms with E-state index >= 15 is 0 Å². The second-order valence-electron chi connectivity index (χ2n) is 4.37. The molecule has 2 atom stereocenters. The number of ether oxygens (including phenoxy) is 1. The fraction of sp³-hybridized carbons (Fsp3) is 0.385. The molecule has 1 unspecified atom stereocenters. The molecule has 1 aliphatic heterocycles. The Hall–Kier alpha value is -1.92. The number of hydroxylamine groups is 1. The Morgan fingerprint density at radius 3 is 2.95 bits per heavy atom. The van der Waals surface area contributed by atoms with E-state index in [0.717, 1.165) is 5.56 Å². The van der Waals surface area contributed by atoms with Crippen LogP contribution in [0.1, 0.15) is 5.56 Å². The molecular weight excluding hydrogens is 246 g/mol. The van der Waals surface area contributed by atoms with Gasteiger partial charge in [0.1, 0.15) is 6.61 Å². The Balaban J connectivity index is 1.68. The number of nitrogens with zero attached hydrogens (tertiary/aromatic N) is 1. The summed E-state index contributed by atoms with van der Waals surface area (Å²) in [6.45, 7) is 1.23. The molecule has 0 aromatic heterocycles. The summed E-state index contributed by atoms with van der Waals surface area (Å²) in [5, 5.41) is 11.5. The zero-order chi connectivity index (χ0) is 13.5. The predicted octanol–water partition coefficient (Wildman–Crippen LogP) is 0.961. The lowest BCUT2D eigenvalue weighted by Gasteiger charge is -2.16. The largest absolute Gasteiger partial charge is 0.445 e. The lowest BCUT2D eigenvalue weighted by molar-refractivity contribution is 0.123. The first-order chi connectivity index (χ1) is 9.29. The van der Waals surface area contributed by atoms with Gasteiger partial charge in [0.2, 0.25) is 0 Å². The van der Waals surface area contributed by atoms with Crippen LogP contribution < -0.4 is 10.8 Å². The molecule has 0 spiro atoms. The number of hydrogen-bond donors (Lipinski definition) is 3. The monoisotopic (exact) mass is 263 g/mol. The molecule has 0 radical (unpaired) electrons. The standard InChI is InChI=1S/C13H17N3O3/c17-13(19-9-10-4-2-1-3-5-10)15-7-11-6-14-8-12(11)16-18/h1-5,8,11-12,16,18H,6-7,9H2,(H,15,17)/t11-,12?/m0/s1. The number of carbonyl (C=O) groups excluding carboxylic acids is 1. The van der Waals surface area contributed by atoms with E-state index in [4.69, 9.17) is 9.94 Å². The number of amides is 1. The summed E-state index contributed by atoms with van der Waals surface area (Å²) in [5.74, 6) is 0.0503. The molecule has 1 aromatic carbocycles. The highest BCUT2D eigenvalue weighted by molar-refractivity contribution is 5.69. The van der Waals surface area contributed by atoms with Gasteiger partial charge in [-0.3, -0.25) is 4.99 Å². The maximum atomic E-state index is 11.5. The molecule has 1 aromatic rings. The van der Waals surface area contributed by atoms with Gasteiger partial charge in [0.15, 0.2) is 0 Å². The number of hydrogen-bond acceptors (Lipinski definition) is 5. The lowest BCUT2D eigenvalue weighted by Crippen LogP contribution is -2.40. The van der Waals surface area contributed by atoms with Crippen molar-refractivity contribution in [2.75, 3.05) is 13.1 Å². The number of carbonyl (C=O) groups is 1. The van der Waals surface area contributed by atoms with Crippen molar-refractivity contribution in [3.8, 4) is 0 Å². The quantitative estimate of drug-likeness (QED) is 0.691. The van der Waals surface area contributed by atoms with Crippen LogP contribution >= 0.6 is 0 Å². The number of alkyl carbamates (subject to hydrolysis) is 1. The zero-order valence-corrected chi connectivity index (χ0v) is 10.5. The summed E-state index contributed by atoms with van der Waals surface area (Å²) in [4.78, 5) is 15.6. The van der Waals surface area contributed by atoms with Crippen LogP contribution in [0.5, 0.6) is 0 Å².